The summed E-state index contributed by atoms with van der Waals surface area (Å²) in [6.45, 7) is 4.74. The highest BCUT2D eigenvalue weighted by atomic mass is 79.9. The van der Waals surface area contributed by atoms with Crippen LogP contribution in [0, 0.1) is 18.8 Å². The Labute approximate surface area is 195 Å². The number of halogens is 1. The fraction of sp³-hybridized carbons (Fsp3) is 0.400. The van der Waals surface area contributed by atoms with Gasteiger partial charge in [-0.1, -0.05) is 31.2 Å². The van der Waals surface area contributed by atoms with Gasteiger partial charge in [0, 0.05) is 21.8 Å². The maximum atomic E-state index is 14.0. The Balaban J connectivity index is 1.56. The van der Waals surface area contributed by atoms with Crippen LogP contribution < -0.4 is 10.2 Å². The van der Waals surface area contributed by atoms with E-state index in [1.165, 1.54) is 4.90 Å². The van der Waals surface area contributed by atoms with Crippen LogP contribution >= 0.6 is 15.9 Å². The number of amides is 3. The van der Waals surface area contributed by atoms with Gasteiger partial charge in [0.2, 0.25) is 17.7 Å². The third-order valence-corrected chi connectivity index (χ3v) is 8.47. The largest absolute Gasteiger partial charge is 0.324 e. The molecule has 32 heavy (non-hydrogen) atoms. The lowest BCUT2D eigenvalue weighted by Crippen LogP contribution is -2.54. The van der Waals surface area contributed by atoms with Crippen molar-refractivity contribution in [3.8, 4) is 0 Å². The van der Waals surface area contributed by atoms with Gasteiger partial charge >= 0.3 is 0 Å². The number of rotatable bonds is 2. The fourth-order valence-corrected chi connectivity index (χ4v) is 7.29. The van der Waals surface area contributed by atoms with Gasteiger partial charge in [0.15, 0.2) is 0 Å². The summed E-state index contributed by atoms with van der Waals surface area (Å²) in [7, 11) is 0. The van der Waals surface area contributed by atoms with Gasteiger partial charge in [-0.3, -0.25) is 19.3 Å². The van der Waals surface area contributed by atoms with Gasteiger partial charge in [-0.2, -0.15) is 0 Å². The minimum atomic E-state index is -1.12. The summed E-state index contributed by atoms with van der Waals surface area (Å²) in [5.41, 5.74) is 3.20. The van der Waals surface area contributed by atoms with Gasteiger partial charge in [0.25, 0.3) is 0 Å². The van der Waals surface area contributed by atoms with E-state index in [-0.39, 0.29) is 23.8 Å². The van der Waals surface area contributed by atoms with Crippen molar-refractivity contribution in [1.82, 2.24) is 4.90 Å². The average Bonchev–Trinajstić information content (AvgIpc) is 3.47. The number of carbonyl (C=O) groups excluding carboxylic acids is 3. The van der Waals surface area contributed by atoms with E-state index >= 15 is 0 Å². The zero-order valence-corrected chi connectivity index (χ0v) is 19.6. The third kappa shape index (κ3) is 2.26. The first kappa shape index (κ1) is 20.1. The Morgan fingerprint density at radius 2 is 1.97 bits per heavy atom. The Kier molecular flexibility index (Phi) is 4.24. The number of aryl methyl sites for hydroxylation is 2. The highest BCUT2D eigenvalue weighted by Gasteiger charge is 2.74. The topological polar surface area (TPSA) is 69.7 Å². The number of hydrogen-bond acceptors (Lipinski definition) is 4. The van der Waals surface area contributed by atoms with Crippen LogP contribution in [0.3, 0.4) is 0 Å². The van der Waals surface area contributed by atoms with Crippen LogP contribution in [0.5, 0.6) is 0 Å². The van der Waals surface area contributed by atoms with E-state index < -0.39 is 17.4 Å². The molecule has 1 N–H and O–H groups in total. The van der Waals surface area contributed by atoms with Crippen molar-refractivity contribution in [1.29, 1.82) is 0 Å². The van der Waals surface area contributed by atoms with Crippen molar-refractivity contribution in [3.63, 3.8) is 0 Å². The maximum Gasteiger partial charge on any atom is 0.250 e. The summed E-state index contributed by atoms with van der Waals surface area (Å²) in [5, 5.41) is 3.11. The predicted molar refractivity (Wildman–Crippen MR) is 124 cm³/mol. The number of anilines is 2. The number of carbonyl (C=O) groups is 3. The number of nitrogens with one attached hydrogen (secondary N) is 1. The summed E-state index contributed by atoms with van der Waals surface area (Å²) >= 11 is 3.54. The number of fused-ring (bicyclic) bond motifs is 7. The summed E-state index contributed by atoms with van der Waals surface area (Å²) in [5.74, 6) is -1.86. The van der Waals surface area contributed by atoms with E-state index in [2.05, 4.69) is 33.1 Å². The summed E-state index contributed by atoms with van der Waals surface area (Å²) in [6.07, 6.45) is 2.52. The van der Waals surface area contributed by atoms with E-state index in [1.807, 2.05) is 43.3 Å². The predicted octanol–water partition coefficient (Wildman–Crippen LogP) is 3.75. The first-order valence-electron chi connectivity index (χ1n) is 11.3. The molecule has 4 heterocycles. The molecule has 0 bridgehead atoms. The second-order valence-corrected chi connectivity index (χ2v) is 10.1. The number of imide groups is 1. The van der Waals surface area contributed by atoms with Crippen molar-refractivity contribution in [2.45, 2.75) is 44.7 Å². The lowest BCUT2D eigenvalue weighted by Gasteiger charge is -2.36. The molecule has 4 aliphatic heterocycles. The lowest BCUT2D eigenvalue weighted by atomic mass is 9.75. The van der Waals surface area contributed by atoms with Gasteiger partial charge in [-0.05, 0) is 71.9 Å². The molecule has 2 aromatic carbocycles. The van der Waals surface area contributed by atoms with Crippen molar-refractivity contribution in [2.75, 3.05) is 16.8 Å². The summed E-state index contributed by atoms with van der Waals surface area (Å²) in [6, 6.07) is 11.5. The molecule has 4 aliphatic rings. The number of nitrogens with zero attached hydrogens (tertiary/aromatic N) is 2. The van der Waals surface area contributed by atoms with E-state index in [4.69, 9.17) is 0 Å². The smallest absolute Gasteiger partial charge is 0.250 e. The van der Waals surface area contributed by atoms with Gasteiger partial charge in [0.05, 0.1) is 17.5 Å². The molecule has 6 nitrogen and oxygen atoms in total. The molecule has 3 fully saturated rings. The molecule has 0 radical (unpaired) electrons. The minimum absolute atomic E-state index is 0.104. The molecule has 0 saturated carbocycles. The normalized spacial score (nSPS) is 30.8. The standard InChI is InChI=1S/C25H24BrN3O3/c1-3-14-6-4-7-15-21(14)27-24(32)25(15)20-19(18-8-5-11-28(18)25)22(30)29(23(20)31)17-10-9-13(2)12-16(17)26/h4,6-7,9-10,12,18-20H,3,5,8,11H2,1-2H3,(H,27,32). The van der Waals surface area contributed by atoms with E-state index in [0.29, 0.717) is 10.2 Å². The molecule has 7 heteroatoms. The van der Waals surface area contributed by atoms with Gasteiger partial charge in [0.1, 0.15) is 5.54 Å². The van der Waals surface area contributed by atoms with Crippen LogP contribution in [0.1, 0.15) is 36.5 Å². The van der Waals surface area contributed by atoms with E-state index in [1.54, 1.807) is 0 Å². The Hall–Kier alpha value is -2.51. The molecule has 0 aliphatic carbocycles. The van der Waals surface area contributed by atoms with Crippen LogP contribution in [0.2, 0.25) is 0 Å². The fourth-order valence-electron chi connectivity index (χ4n) is 6.62. The van der Waals surface area contributed by atoms with E-state index in [0.717, 1.165) is 48.2 Å². The highest BCUT2D eigenvalue weighted by molar-refractivity contribution is 9.10. The molecule has 6 rings (SSSR count). The van der Waals surface area contributed by atoms with Crippen LogP contribution in [0.15, 0.2) is 40.9 Å². The van der Waals surface area contributed by atoms with Crippen LogP contribution in [-0.2, 0) is 26.3 Å². The molecule has 2 aromatic rings. The molecule has 4 atom stereocenters. The number of benzene rings is 2. The van der Waals surface area contributed by atoms with Crippen molar-refractivity contribution in [3.05, 3.63) is 57.6 Å². The second-order valence-electron chi connectivity index (χ2n) is 9.29. The first-order valence-corrected chi connectivity index (χ1v) is 12.0. The summed E-state index contributed by atoms with van der Waals surface area (Å²) < 4.78 is 0.709. The average molecular weight is 494 g/mol. The SMILES string of the molecule is CCc1cccc2c1NC(=O)C21C2C(=O)N(c3ccc(C)cc3Br)C(=O)C2C2CCCN21. The van der Waals surface area contributed by atoms with Gasteiger partial charge in [-0.15, -0.1) is 0 Å². The molecular weight excluding hydrogens is 470 g/mol. The zero-order valence-electron chi connectivity index (χ0n) is 18.0. The molecule has 4 unspecified atom stereocenters. The van der Waals surface area contributed by atoms with Gasteiger partial charge < -0.3 is 5.32 Å². The molecule has 3 amide bonds. The third-order valence-electron chi connectivity index (χ3n) is 7.84. The van der Waals surface area contributed by atoms with Crippen molar-refractivity contribution >= 4 is 45.0 Å². The highest BCUT2D eigenvalue weighted by Crippen LogP contribution is 2.61. The zero-order chi connectivity index (χ0) is 22.4. The van der Waals surface area contributed by atoms with E-state index in [9.17, 15) is 14.4 Å². The Bertz CT molecular complexity index is 1210. The van der Waals surface area contributed by atoms with Gasteiger partial charge in [-0.25, -0.2) is 4.90 Å². The van der Waals surface area contributed by atoms with Crippen LogP contribution in [-0.4, -0.2) is 35.2 Å². The molecule has 0 aromatic heterocycles. The monoisotopic (exact) mass is 493 g/mol. The molecule has 164 valence electrons. The molecular formula is C25H24BrN3O3. The lowest BCUT2D eigenvalue weighted by molar-refractivity contribution is -0.135. The Morgan fingerprint density at radius 1 is 1.16 bits per heavy atom. The number of para-hydroxylation sites is 1. The maximum absolute atomic E-state index is 14.0. The second kappa shape index (κ2) is 6.75. The van der Waals surface area contributed by atoms with Crippen LogP contribution in [0.25, 0.3) is 0 Å². The minimum Gasteiger partial charge on any atom is -0.324 e. The first-order chi connectivity index (χ1) is 15.4. The molecule has 1 spiro atoms. The summed E-state index contributed by atoms with van der Waals surface area (Å²) in [4.78, 5) is 45.1. The quantitative estimate of drug-likeness (QED) is 0.646. The van der Waals surface area contributed by atoms with Crippen LogP contribution in [0.4, 0.5) is 11.4 Å². The number of hydrogen-bond donors (Lipinski definition) is 1. The van der Waals surface area contributed by atoms with Crippen molar-refractivity contribution < 1.29 is 14.4 Å². The van der Waals surface area contributed by atoms with Crippen molar-refractivity contribution in [2.24, 2.45) is 11.8 Å². The Morgan fingerprint density at radius 3 is 2.72 bits per heavy atom. The molecule has 3 saturated heterocycles.